The average Bonchev–Trinajstić information content (AvgIpc) is 2.41. The van der Waals surface area contributed by atoms with E-state index in [9.17, 15) is 0 Å². The Morgan fingerprint density at radius 3 is 2.67 bits per heavy atom. The van der Waals surface area contributed by atoms with Crippen LogP contribution in [0.2, 0.25) is 0 Å². The third-order valence-corrected chi connectivity index (χ3v) is 2.66. The quantitative estimate of drug-likeness (QED) is 0.789. The van der Waals surface area contributed by atoms with Gasteiger partial charge in [0.15, 0.2) is 0 Å². The maximum atomic E-state index is 4.41. The molecule has 1 aromatic carbocycles. The van der Waals surface area contributed by atoms with Crippen molar-refractivity contribution in [1.29, 1.82) is 0 Å². The Labute approximate surface area is 108 Å². The van der Waals surface area contributed by atoms with E-state index in [2.05, 4.69) is 27.2 Å². The minimum absolute atomic E-state index is 0.614. The molecule has 0 radical (unpaired) electrons. The lowest BCUT2D eigenvalue weighted by Crippen LogP contribution is -2.02. The molecule has 0 amide bonds. The van der Waals surface area contributed by atoms with E-state index >= 15 is 0 Å². The fourth-order valence-corrected chi connectivity index (χ4v) is 1.69. The zero-order valence-corrected chi connectivity index (χ0v) is 10.6. The first-order valence-corrected chi connectivity index (χ1v) is 6.38. The topological polar surface area (TPSA) is 50.7 Å². The van der Waals surface area contributed by atoms with E-state index in [1.54, 1.807) is 6.33 Å². The predicted octanol–water partition coefficient (Wildman–Crippen LogP) is 3.35. The predicted molar refractivity (Wildman–Crippen MR) is 72.8 cm³/mol. The van der Waals surface area contributed by atoms with Gasteiger partial charge in [-0.25, -0.2) is 9.97 Å². The van der Waals surface area contributed by atoms with Crippen molar-refractivity contribution in [3.8, 4) is 0 Å². The van der Waals surface area contributed by atoms with Crippen molar-refractivity contribution in [2.75, 3.05) is 5.32 Å². The first-order valence-electron chi connectivity index (χ1n) is 6.38. The van der Waals surface area contributed by atoms with Crippen LogP contribution in [0.1, 0.15) is 32.0 Å². The number of hydrogen-bond acceptors (Lipinski definition) is 4. The van der Waals surface area contributed by atoms with Crippen LogP contribution in [0.15, 0.2) is 36.7 Å². The molecule has 1 aromatic heterocycles. The van der Waals surface area contributed by atoms with Gasteiger partial charge in [-0.15, -0.1) is 0 Å². The van der Waals surface area contributed by atoms with Crippen LogP contribution in [0.25, 0.3) is 0 Å². The Morgan fingerprint density at radius 1 is 1.06 bits per heavy atom. The Morgan fingerprint density at radius 2 is 1.89 bits per heavy atom. The largest absolute Gasteiger partial charge is 0.324 e. The minimum Gasteiger partial charge on any atom is -0.324 e. The molecular formula is C14H18N4. The molecule has 18 heavy (non-hydrogen) atoms. The molecule has 94 valence electrons. The molecule has 0 saturated heterocycles. The minimum atomic E-state index is 0.614. The van der Waals surface area contributed by atoms with Crippen molar-refractivity contribution < 1.29 is 0 Å². The van der Waals surface area contributed by atoms with E-state index in [1.165, 1.54) is 12.8 Å². The molecule has 4 nitrogen and oxygen atoms in total. The summed E-state index contributed by atoms with van der Waals surface area (Å²) < 4.78 is 0. The molecule has 2 rings (SSSR count). The van der Waals surface area contributed by atoms with Gasteiger partial charge in [-0.05, 0) is 18.6 Å². The van der Waals surface area contributed by atoms with E-state index in [0.717, 1.165) is 24.4 Å². The van der Waals surface area contributed by atoms with Gasteiger partial charge < -0.3 is 5.32 Å². The van der Waals surface area contributed by atoms with Gasteiger partial charge in [-0.2, -0.15) is 4.98 Å². The second-order valence-electron chi connectivity index (χ2n) is 4.17. The van der Waals surface area contributed by atoms with Crippen LogP contribution < -0.4 is 5.32 Å². The van der Waals surface area contributed by atoms with E-state index in [-0.39, 0.29) is 0 Å². The number of rotatable bonds is 6. The number of benzene rings is 1. The second kappa shape index (κ2) is 6.69. The Bertz CT molecular complexity index is 470. The van der Waals surface area contributed by atoms with Gasteiger partial charge >= 0.3 is 0 Å². The summed E-state index contributed by atoms with van der Waals surface area (Å²) in [4.78, 5) is 12.7. The van der Waals surface area contributed by atoms with Gasteiger partial charge in [0.1, 0.15) is 12.2 Å². The molecule has 4 heteroatoms. The van der Waals surface area contributed by atoms with Crippen LogP contribution in [0.4, 0.5) is 11.6 Å². The first-order chi connectivity index (χ1) is 8.88. The number of unbranched alkanes of at least 4 members (excludes halogenated alkanes) is 2. The van der Waals surface area contributed by atoms with Gasteiger partial charge in [0.25, 0.3) is 0 Å². The molecule has 0 aliphatic heterocycles. The molecule has 0 atom stereocenters. The Kier molecular flexibility index (Phi) is 4.64. The third kappa shape index (κ3) is 3.80. The molecular weight excluding hydrogens is 224 g/mol. The van der Waals surface area contributed by atoms with Crippen molar-refractivity contribution in [3.63, 3.8) is 0 Å². The molecule has 0 bridgehead atoms. The van der Waals surface area contributed by atoms with Crippen molar-refractivity contribution in [1.82, 2.24) is 15.0 Å². The number of aryl methyl sites for hydroxylation is 1. The van der Waals surface area contributed by atoms with Crippen LogP contribution in [0.3, 0.4) is 0 Å². The summed E-state index contributed by atoms with van der Waals surface area (Å²) in [6.07, 6.45) is 6.04. The second-order valence-corrected chi connectivity index (χ2v) is 4.17. The lowest BCUT2D eigenvalue weighted by Gasteiger charge is -2.05. The SMILES string of the molecule is CCCCCc1ncnc(Nc2ccccc2)n1. The van der Waals surface area contributed by atoms with Crippen molar-refractivity contribution in [3.05, 3.63) is 42.5 Å². The maximum absolute atomic E-state index is 4.41. The van der Waals surface area contributed by atoms with Crippen LogP contribution in [0, 0.1) is 0 Å². The summed E-state index contributed by atoms with van der Waals surface area (Å²) in [7, 11) is 0. The number of aromatic nitrogens is 3. The molecule has 0 aliphatic carbocycles. The van der Waals surface area contributed by atoms with E-state index in [4.69, 9.17) is 0 Å². The van der Waals surface area contributed by atoms with Crippen LogP contribution in [0.5, 0.6) is 0 Å². The zero-order valence-electron chi connectivity index (χ0n) is 10.6. The van der Waals surface area contributed by atoms with Crippen LogP contribution in [-0.2, 0) is 6.42 Å². The molecule has 0 unspecified atom stereocenters. The average molecular weight is 242 g/mol. The highest BCUT2D eigenvalue weighted by Gasteiger charge is 2.01. The summed E-state index contributed by atoms with van der Waals surface area (Å²) >= 11 is 0. The van der Waals surface area contributed by atoms with Crippen LogP contribution in [-0.4, -0.2) is 15.0 Å². The molecule has 1 N–H and O–H groups in total. The maximum Gasteiger partial charge on any atom is 0.230 e. The molecule has 0 fully saturated rings. The fourth-order valence-electron chi connectivity index (χ4n) is 1.69. The first kappa shape index (κ1) is 12.5. The zero-order chi connectivity index (χ0) is 12.6. The number of anilines is 2. The molecule has 0 spiro atoms. The summed E-state index contributed by atoms with van der Waals surface area (Å²) in [6.45, 7) is 2.19. The van der Waals surface area contributed by atoms with Crippen LogP contribution >= 0.6 is 0 Å². The summed E-state index contributed by atoms with van der Waals surface area (Å²) in [6, 6.07) is 9.91. The lowest BCUT2D eigenvalue weighted by atomic mass is 10.2. The van der Waals surface area contributed by atoms with E-state index < -0.39 is 0 Å². The van der Waals surface area contributed by atoms with E-state index in [1.807, 2.05) is 30.3 Å². The van der Waals surface area contributed by atoms with Gasteiger partial charge in [0.2, 0.25) is 5.95 Å². The fraction of sp³-hybridized carbons (Fsp3) is 0.357. The molecule has 0 saturated carbocycles. The van der Waals surface area contributed by atoms with Gasteiger partial charge in [-0.3, -0.25) is 0 Å². The van der Waals surface area contributed by atoms with Gasteiger partial charge in [0.05, 0.1) is 0 Å². The number of para-hydroxylation sites is 1. The Balaban J connectivity index is 1.99. The smallest absolute Gasteiger partial charge is 0.230 e. The van der Waals surface area contributed by atoms with E-state index in [0.29, 0.717) is 5.95 Å². The van der Waals surface area contributed by atoms with Gasteiger partial charge in [-0.1, -0.05) is 38.0 Å². The standard InChI is InChI=1S/C14H18N4/c1-2-3-5-10-13-15-11-16-14(18-13)17-12-8-6-4-7-9-12/h4,6-9,11H,2-3,5,10H2,1H3,(H,15,16,17,18). The highest BCUT2D eigenvalue weighted by molar-refractivity contribution is 5.52. The normalized spacial score (nSPS) is 10.3. The van der Waals surface area contributed by atoms with Crippen molar-refractivity contribution >= 4 is 11.6 Å². The number of nitrogens with zero attached hydrogens (tertiary/aromatic N) is 3. The molecule has 0 aliphatic rings. The monoisotopic (exact) mass is 242 g/mol. The van der Waals surface area contributed by atoms with Gasteiger partial charge in [0, 0.05) is 12.1 Å². The highest BCUT2D eigenvalue weighted by atomic mass is 15.1. The lowest BCUT2D eigenvalue weighted by molar-refractivity contribution is 0.691. The Hall–Kier alpha value is -1.97. The highest BCUT2D eigenvalue weighted by Crippen LogP contribution is 2.11. The molecule has 2 aromatic rings. The van der Waals surface area contributed by atoms with Crippen molar-refractivity contribution in [2.24, 2.45) is 0 Å². The summed E-state index contributed by atoms with van der Waals surface area (Å²) in [5.41, 5.74) is 0.989. The summed E-state index contributed by atoms with van der Waals surface area (Å²) in [5, 5.41) is 3.17. The third-order valence-electron chi connectivity index (χ3n) is 2.66. The number of nitrogens with one attached hydrogen (secondary N) is 1. The number of hydrogen-bond donors (Lipinski definition) is 1. The summed E-state index contributed by atoms with van der Waals surface area (Å²) in [5.74, 6) is 1.47. The van der Waals surface area contributed by atoms with Crippen molar-refractivity contribution in [2.45, 2.75) is 32.6 Å². The molecule has 1 heterocycles.